The molecule has 0 aliphatic carbocycles. The SMILES string of the molecule is COCC1CCN(C(CNC(C)(C)C)c2ccccc2)C1. The molecule has 1 saturated heterocycles. The van der Waals surface area contributed by atoms with Crippen molar-refractivity contribution in [3.05, 3.63) is 35.9 Å². The van der Waals surface area contributed by atoms with E-state index in [-0.39, 0.29) is 5.54 Å². The topological polar surface area (TPSA) is 24.5 Å². The average molecular weight is 290 g/mol. The van der Waals surface area contributed by atoms with Gasteiger partial charge in [0.15, 0.2) is 0 Å². The molecule has 1 aromatic carbocycles. The van der Waals surface area contributed by atoms with Crippen LogP contribution in [0.4, 0.5) is 0 Å². The van der Waals surface area contributed by atoms with Gasteiger partial charge in [0.25, 0.3) is 0 Å². The van der Waals surface area contributed by atoms with Crippen LogP contribution in [0, 0.1) is 5.92 Å². The zero-order chi connectivity index (χ0) is 15.3. The van der Waals surface area contributed by atoms with Crippen molar-refractivity contribution >= 4 is 0 Å². The third-order valence-electron chi connectivity index (χ3n) is 4.17. The lowest BCUT2D eigenvalue weighted by molar-refractivity contribution is 0.145. The predicted octanol–water partition coefficient (Wildman–Crippen LogP) is 3.08. The Bertz CT molecular complexity index is 413. The van der Waals surface area contributed by atoms with Gasteiger partial charge >= 0.3 is 0 Å². The molecule has 1 heterocycles. The van der Waals surface area contributed by atoms with Crippen molar-refractivity contribution in [2.75, 3.05) is 33.4 Å². The monoisotopic (exact) mass is 290 g/mol. The van der Waals surface area contributed by atoms with E-state index in [4.69, 9.17) is 4.74 Å². The van der Waals surface area contributed by atoms with Crippen molar-refractivity contribution < 1.29 is 4.74 Å². The lowest BCUT2D eigenvalue weighted by Gasteiger charge is -2.32. The van der Waals surface area contributed by atoms with Crippen molar-refractivity contribution in [2.45, 2.75) is 38.8 Å². The van der Waals surface area contributed by atoms with Gasteiger partial charge < -0.3 is 10.1 Å². The number of hydrogen-bond donors (Lipinski definition) is 1. The van der Waals surface area contributed by atoms with Crippen molar-refractivity contribution in [2.24, 2.45) is 5.92 Å². The lowest BCUT2D eigenvalue weighted by atomic mass is 10.0. The summed E-state index contributed by atoms with van der Waals surface area (Å²) >= 11 is 0. The fourth-order valence-corrected chi connectivity index (χ4v) is 3.05. The van der Waals surface area contributed by atoms with E-state index in [1.54, 1.807) is 7.11 Å². The quantitative estimate of drug-likeness (QED) is 0.871. The second kappa shape index (κ2) is 7.39. The summed E-state index contributed by atoms with van der Waals surface area (Å²) in [5.41, 5.74) is 1.56. The van der Waals surface area contributed by atoms with Crippen LogP contribution in [-0.2, 0) is 4.74 Å². The first-order valence-electron chi connectivity index (χ1n) is 8.02. The highest BCUT2D eigenvalue weighted by Crippen LogP contribution is 2.28. The molecule has 1 aliphatic heterocycles. The highest BCUT2D eigenvalue weighted by molar-refractivity contribution is 5.20. The third kappa shape index (κ3) is 5.10. The van der Waals surface area contributed by atoms with Crippen molar-refractivity contribution in [3.8, 4) is 0 Å². The summed E-state index contributed by atoms with van der Waals surface area (Å²) in [6.45, 7) is 10.9. The summed E-state index contributed by atoms with van der Waals surface area (Å²) in [7, 11) is 1.80. The van der Waals surface area contributed by atoms with E-state index in [1.165, 1.54) is 18.5 Å². The molecule has 1 aromatic rings. The van der Waals surface area contributed by atoms with Gasteiger partial charge in [-0.3, -0.25) is 4.90 Å². The molecule has 3 heteroatoms. The molecule has 21 heavy (non-hydrogen) atoms. The maximum atomic E-state index is 5.33. The zero-order valence-corrected chi connectivity index (χ0v) is 13.9. The first-order chi connectivity index (χ1) is 9.99. The Hall–Kier alpha value is -0.900. The summed E-state index contributed by atoms with van der Waals surface area (Å²) in [5.74, 6) is 0.677. The molecule has 1 fully saturated rings. The van der Waals surface area contributed by atoms with Gasteiger partial charge in [-0.2, -0.15) is 0 Å². The Labute approximate surface area is 129 Å². The van der Waals surface area contributed by atoms with E-state index in [0.29, 0.717) is 12.0 Å². The van der Waals surface area contributed by atoms with Crippen molar-refractivity contribution in [1.29, 1.82) is 0 Å². The number of rotatable bonds is 6. The number of ether oxygens (including phenoxy) is 1. The number of likely N-dealkylation sites (tertiary alicyclic amines) is 1. The normalized spacial score (nSPS) is 21.6. The minimum atomic E-state index is 0.151. The maximum absolute atomic E-state index is 5.33. The number of benzene rings is 1. The van der Waals surface area contributed by atoms with Gasteiger partial charge in [-0.05, 0) is 45.2 Å². The molecule has 0 spiro atoms. The van der Waals surface area contributed by atoms with Crippen LogP contribution in [0.5, 0.6) is 0 Å². The van der Waals surface area contributed by atoms with Gasteiger partial charge in [-0.25, -0.2) is 0 Å². The first-order valence-corrected chi connectivity index (χ1v) is 8.02. The molecule has 2 unspecified atom stereocenters. The van der Waals surface area contributed by atoms with Crippen LogP contribution in [0.25, 0.3) is 0 Å². The van der Waals surface area contributed by atoms with Crippen LogP contribution in [-0.4, -0.2) is 43.8 Å². The second-order valence-corrected chi connectivity index (χ2v) is 7.16. The van der Waals surface area contributed by atoms with Crippen LogP contribution in [0.2, 0.25) is 0 Å². The van der Waals surface area contributed by atoms with E-state index >= 15 is 0 Å². The molecule has 118 valence electrons. The Morgan fingerprint density at radius 1 is 1.29 bits per heavy atom. The third-order valence-corrected chi connectivity index (χ3v) is 4.17. The zero-order valence-electron chi connectivity index (χ0n) is 13.9. The van der Waals surface area contributed by atoms with Gasteiger partial charge in [-0.15, -0.1) is 0 Å². The minimum Gasteiger partial charge on any atom is -0.384 e. The van der Waals surface area contributed by atoms with E-state index < -0.39 is 0 Å². The van der Waals surface area contributed by atoms with Crippen LogP contribution in [0.15, 0.2) is 30.3 Å². The first kappa shape index (κ1) is 16.5. The molecule has 0 saturated carbocycles. The van der Waals surface area contributed by atoms with E-state index in [9.17, 15) is 0 Å². The largest absolute Gasteiger partial charge is 0.384 e. The molecule has 0 radical (unpaired) electrons. The molecule has 1 N–H and O–H groups in total. The van der Waals surface area contributed by atoms with Gasteiger partial charge in [-0.1, -0.05) is 30.3 Å². The number of hydrogen-bond acceptors (Lipinski definition) is 3. The molecule has 1 aliphatic rings. The molecule has 3 nitrogen and oxygen atoms in total. The maximum Gasteiger partial charge on any atom is 0.0503 e. The number of nitrogens with one attached hydrogen (secondary N) is 1. The highest BCUT2D eigenvalue weighted by Gasteiger charge is 2.29. The van der Waals surface area contributed by atoms with Gasteiger partial charge in [0.1, 0.15) is 0 Å². The molecule has 0 bridgehead atoms. The van der Waals surface area contributed by atoms with E-state index in [2.05, 4.69) is 61.3 Å². The highest BCUT2D eigenvalue weighted by atomic mass is 16.5. The summed E-state index contributed by atoms with van der Waals surface area (Å²) in [6.07, 6.45) is 1.24. The average Bonchev–Trinajstić information content (AvgIpc) is 2.88. The lowest BCUT2D eigenvalue weighted by Crippen LogP contribution is -2.42. The Balaban J connectivity index is 2.06. The number of nitrogens with zero attached hydrogens (tertiary/aromatic N) is 1. The fourth-order valence-electron chi connectivity index (χ4n) is 3.05. The molecule has 0 aromatic heterocycles. The summed E-state index contributed by atoms with van der Waals surface area (Å²) < 4.78 is 5.33. The van der Waals surface area contributed by atoms with Crippen LogP contribution in [0.1, 0.15) is 38.8 Å². The van der Waals surface area contributed by atoms with Crippen LogP contribution < -0.4 is 5.32 Å². The Morgan fingerprint density at radius 2 is 2.00 bits per heavy atom. The second-order valence-electron chi connectivity index (χ2n) is 7.16. The minimum absolute atomic E-state index is 0.151. The molecule has 2 rings (SSSR count). The van der Waals surface area contributed by atoms with E-state index in [1.807, 2.05) is 0 Å². The van der Waals surface area contributed by atoms with Crippen molar-refractivity contribution in [1.82, 2.24) is 10.2 Å². The standard InChI is InChI=1S/C18H30N2O/c1-18(2,3)19-12-17(16-8-6-5-7-9-16)20-11-10-15(13-20)14-21-4/h5-9,15,17,19H,10-14H2,1-4H3. The summed E-state index contributed by atoms with van der Waals surface area (Å²) in [5, 5.41) is 3.67. The summed E-state index contributed by atoms with van der Waals surface area (Å²) in [6, 6.07) is 11.3. The van der Waals surface area contributed by atoms with Gasteiger partial charge in [0, 0.05) is 31.8 Å². The molecular weight excluding hydrogens is 260 g/mol. The van der Waals surface area contributed by atoms with Gasteiger partial charge in [0.2, 0.25) is 0 Å². The molecular formula is C18H30N2O. The molecule has 0 amide bonds. The van der Waals surface area contributed by atoms with Crippen LogP contribution in [0.3, 0.4) is 0 Å². The van der Waals surface area contributed by atoms with E-state index in [0.717, 1.165) is 19.7 Å². The molecule has 2 atom stereocenters. The number of methoxy groups -OCH3 is 1. The fraction of sp³-hybridized carbons (Fsp3) is 0.667. The van der Waals surface area contributed by atoms with Crippen LogP contribution >= 0.6 is 0 Å². The van der Waals surface area contributed by atoms with Crippen molar-refractivity contribution in [3.63, 3.8) is 0 Å². The summed E-state index contributed by atoms with van der Waals surface area (Å²) in [4.78, 5) is 2.61. The predicted molar refractivity (Wildman–Crippen MR) is 88.5 cm³/mol. The van der Waals surface area contributed by atoms with Gasteiger partial charge in [0.05, 0.1) is 6.61 Å². The Kier molecular flexibility index (Phi) is 5.80. The smallest absolute Gasteiger partial charge is 0.0503 e. The Morgan fingerprint density at radius 3 is 2.62 bits per heavy atom.